The number of nitrogens with zero attached hydrogens (tertiary/aromatic N) is 4. The summed E-state index contributed by atoms with van der Waals surface area (Å²) in [5.41, 5.74) is -0.583. The fourth-order valence-corrected chi connectivity index (χ4v) is 4.92. The summed E-state index contributed by atoms with van der Waals surface area (Å²) in [6, 6.07) is 0. The van der Waals surface area contributed by atoms with E-state index >= 15 is 0 Å². The Hall–Kier alpha value is -2.34. The van der Waals surface area contributed by atoms with Gasteiger partial charge in [-0.15, -0.1) is 11.3 Å². The van der Waals surface area contributed by atoms with Gasteiger partial charge in [-0.25, -0.2) is 4.79 Å². The van der Waals surface area contributed by atoms with Crippen molar-refractivity contribution >= 4 is 27.5 Å². The number of methoxy groups -OCH3 is 1. The van der Waals surface area contributed by atoms with Crippen LogP contribution in [-0.2, 0) is 24.4 Å². The van der Waals surface area contributed by atoms with Crippen molar-refractivity contribution in [1.82, 2.24) is 19.4 Å². The molecule has 8 nitrogen and oxygen atoms in total. The summed E-state index contributed by atoms with van der Waals surface area (Å²) < 4.78 is 46.0. The Labute approximate surface area is 180 Å². The molecule has 0 saturated carbocycles. The van der Waals surface area contributed by atoms with E-state index in [0.29, 0.717) is 12.1 Å². The molecule has 12 heteroatoms. The second kappa shape index (κ2) is 9.03. The molecule has 1 unspecified atom stereocenters. The Kier molecular flexibility index (Phi) is 6.79. The Balaban J connectivity index is 2.16. The maximum Gasteiger partial charge on any atom is 0.390 e. The van der Waals surface area contributed by atoms with Gasteiger partial charge in [0.25, 0.3) is 5.56 Å². The fourth-order valence-electron chi connectivity index (χ4n) is 3.59. The summed E-state index contributed by atoms with van der Waals surface area (Å²) in [5.74, 6) is 0.720. The minimum Gasteiger partial charge on any atom is -0.380 e. The van der Waals surface area contributed by atoms with Gasteiger partial charge in [0.1, 0.15) is 4.83 Å². The minimum atomic E-state index is -4.42. The molecule has 0 radical (unpaired) electrons. The Morgan fingerprint density at radius 1 is 1.29 bits per heavy atom. The highest BCUT2D eigenvalue weighted by molar-refractivity contribution is 7.18. The van der Waals surface area contributed by atoms with Gasteiger partial charge in [0.15, 0.2) is 5.96 Å². The molecule has 0 bridgehead atoms. The first kappa shape index (κ1) is 23.3. The predicted molar refractivity (Wildman–Crippen MR) is 114 cm³/mol. The summed E-state index contributed by atoms with van der Waals surface area (Å²) >= 11 is 1.19. The quantitative estimate of drug-likeness (QED) is 0.682. The van der Waals surface area contributed by atoms with Crippen molar-refractivity contribution in [1.29, 1.82) is 0 Å². The van der Waals surface area contributed by atoms with Crippen molar-refractivity contribution in [3.8, 4) is 0 Å². The molecule has 1 atom stereocenters. The minimum absolute atomic E-state index is 0.0383. The lowest BCUT2D eigenvalue weighted by Gasteiger charge is -2.16. The highest BCUT2D eigenvalue weighted by Crippen LogP contribution is 2.30. The molecule has 0 amide bonds. The lowest BCUT2D eigenvalue weighted by molar-refractivity contribution is -0.136. The average Bonchev–Trinajstić information content (AvgIpc) is 3.28. The summed E-state index contributed by atoms with van der Waals surface area (Å²) in [6.45, 7) is 4.77. The van der Waals surface area contributed by atoms with E-state index in [9.17, 15) is 22.8 Å². The van der Waals surface area contributed by atoms with Gasteiger partial charge in [0.2, 0.25) is 0 Å². The summed E-state index contributed by atoms with van der Waals surface area (Å²) in [7, 11) is 3.12. The molecule has 1 saturated heterocycles. The van der Waals surface area contributed by atoms with Crippen LogP contribution in [0.1, 0.15) is 23.8 Å². The van der Waals surface area contributed by atoms with Crippen LogP contribution in [0.4, 0.5) is 13.2 Å². The number of aromatic nitrogens is 2. The van der Waals surface area contributed by atoms with E-state index in [2.05, 4.69) is 10.3 Å². The zero-order valence-electron chi connectivity index (χ0n) is 17.9. The van der Waals surface area contributed by atoms with E-state index < -0.39 is 36.5 Å². The van der Waals surface area contributed by atoms with E-state index in [1.807, 2.05) is 4.90 Å². The van der Waals surface area contributed by atoms with Gasteiger partial charge >= 0.3 is 11.9 Å². The molecule has 1 fully saturated rings. The van der Waals surface area contributed by atoms with Gasteiger partial charge < -0.3 is 15.0 Å². The van der Waals surface area contributed by atoms with Crippen LogP contribution in [0.15, 0.2) is 14.6 Å². The number of aryl methyl sites for hydroxylation is 2. The van der Waals surface area contributed by atoms with Crippen molar-refractivity contribution in [2.75, 3.05) is 27.2 Å². The number of ether oxygens (including phenoxy) is 1. The topological polar surface area (TPSA) is 80.9 Å². The van der Waals surface area contributed by atoms with Gasteiger partial charge in [-0.2, -0.15) is 13.2 Å². The fraction of sp³-hybridized carbons (Fsp3) is 0.632. The largest absolute Gasteiger partial charge is 0.390 e. The number of guanidine groups is 1. The van der Waals surface area contributed by atoms with Crippen LogP contribution in [0.3, 0.4) is 0 Å². The molecular formula is C19H26F3N5O3S. The van der Waals surface area contributed by atoms with E-state index in [-0.39, 0.29) is 16.8 Å². The van der Waals surface area contributed by atoms with Crippen LogP contribution in [0, 0.1) is 6.92 Å². The van der Waals surface area contributed by atoms with Gasteiger partial charge in [0, 0.05) is 38.7 Å². The number of nitrogens with one attached hydrogen (secondary N) is 1. The highest BCUT2D eigenvalue weighted by atomic mass is 32.1. The van der Waals surface area contributed by atoms with Crippen LogP contribution in [0.5, 0.6) is 0 Å². The Morgan fingerprint density at radius 3 is 2.61 bits per heavy atom. The molecular weight excluding hydrogens is 435 g/mol. The van der Waals surface area contributed by atoms with Gasteiger partial charge in [-0.05, 0) is 19.4 Å². The van der Waals surface area contributed by atoms with Crippen molar-refractivity contribution in [2.45, 2.75) is 52.2 Å². The van der Waals surface area contributed by atoms with E-state index in [1.165, 1.54) is 18.4 Å². The van der Waals surface area contributed by atoms with Gasteiger partial charge in [0.05, 0.1) is 31.0 Å². The third-order valence-corrected chi connectivity index (χ3v) is 6.66. The van der Waals surface area contributed by atoms with Crippen LogP contribution in [-0.4, -0.2) is 59.5 Å². The number of fused-ring (bicyclic) bond motifs is 1. The third-order valence-electron chi connectivity index (χ3n) is 5.36. The normalized spacial score (nSPS) is 17.0. The molecule has 31 heavy (non-hydrogen) atoms. The summed E-state index contributed by atoms with van der Waals surface area (Å²) in [4.78, 5) is 33.5. The van der Waals surface area contributed by atoms with Crippen LogP contribution >= 0.6 is 11.3 Å². The molecule has 0 spiro atoms. The highest BCUT2D eigenvalue weighted by Gasteiger charge is 2.29. The van der Waals surface area contributed by atoms with E-state index in [1.54, 1.807) is 20.9 Å². The first-order chi connectivity index (χ1) is 14.6. The molecule has 1 aliphatic heterocycles. The number of aliphatic imine (C=N–C) groups is 1. The summed E-state index contributed by atoms with van der Waals surface area (Å²) in [6.07, 6.45) is -6.03. The standard InChI is InChI=1S/C19H26F3N5O3S/c1-11(30-4)9-27-15(28)14-12(2)13(10-25-8-6-24-17(25)23-3)31-16(14)26(18(27)29)7-5-19(20,21)22/h11H,5-10H2,1-4H3,(H,23,24). The SMILES string of the molecule is C/N=C1\NCCN1Cc1sc2c(c1C)c(=O)n(CC(C)OC)c(=O)n2CCC(F)(F)F. The van der Waals surface area contributed by atoms with E-state index in [0.717, 1.165) is 33.1 Å². The van der Waals surface area contributed by atoms with Crippen molar-refractivity contribution in [3.63, 3.8) is 0 Å². The second-order valence-electron chi connectivity index (χ2n) is 7.49. The number of hydrogen-bond donors (Lipinski definition) is 1. The zero-order valence-corrected chi connectivity index (χ0v) is 18.7. The number of alkyl halides is 3. The molecule has 1 N–H and O–H groups in total. The number of hydrogen-bond acceptors (Lipinski definition) is 5. The molecule has 1 aliphatic rings. The van der Waals surface area contributed by atoms with E-state index in [4.69, 9.17) is 4.74 Å². The molecule has 3 rings (SSSR count). The number of halogens is 3. The first-order valence-corrected chi connectivity index (χ1v) is 10.7. The molecule has 2 aromatic rings. The Bertz CT molecular complexity index is 1100. The maximum absolute atomic E-state index is 13.2. The first-order valence-electron chi connectivity index (χ1n) is 9.88. The molecule has 3 heterocycles. The zero-order chi connectivity index (χ0) is 22.9. The molecule has 0 aromatic carbocycles. The summed E-state index contributed by atoms with van der Waals surface area (Å²) in [5, 5.41) is 3.44. The van der Waals surface area contributed by atoms with Crippen LogP contribution in [0.25, 0.3) is 10.2 Å². The van der Waals surface area contributed by atoms with Crippen LogP contribution < -0.4 is 16.6 Å². The van der Waals surface area contributed by atoms with Gasteiger partial charge in [-0.1, -0.05) is 0 Å². The predicted octanol–water partition coefficient (Wildman–Crippen LogP) is 1.91. The molecule has 2 aromatic heterocycles. The molecule has 172 valence electrons. The lowest BCUT2D eigenvalue weighted by atomic mass is 10.2. The maximum atomic E-state index is 13.2. The smallest absolute Gasteiger partial charge is 0.380 e. The number of thiophene rings is 1. The van der Waals surface area contributed by atoms with Crippen molar-refractivity contribution in [3.05, 3.63) is 31.3 Å². The van der Waals surface area contributed by atoms with Gasteiger partial charge in [-0.3, -0.25) is 18.9 Å². The monoisotopic (exact) mass is 461 g/mol. The third kappa shape index (κ3) is 4.79. The van der Waals surface area contributed by atoms with Crippen molar-refractivity contribution < 1.29 is 17.9 Å². The molecule has 0 aliphatic carbocycles. The Morgan fingerprint density at radius 2 is 2.00 bits per heavy atom. The van der Waals surface area contributed by atoms with Crippen LogP contribution in [0.2, 0.25) is 0 Å². The second-order valence-corrected chi connectivity index (χ2v) is 8.57. The number of rotatable bonds is 7. The van der Waals surface area contributed by atoms with Crippen molar-refractivity contribution in [2.24, 2.45) is 4.99 Å². The average molecular weight is 462 g/mol. The lowest BCUT2D eigenvalue weighted by Crippen LogP contribution is -2.42.